The lowest BCUT2D eigenvalue weighted by Crippen LogP contribution is -2.21. The molecule has 0 fully saturated rings. The first-order valence-corrected chi connectivity index (χ1v) is 6.86. The zero-order valence-corrected chi connectivity index (χ0v) is 10.9. The highest BCUT2D eigenvalue weighted by Crippen LogP contribution is 2.21. The first kappa shape index (κ1) is 13.3. The van der Waals surface area contributed by atoms with E-state index in [9.17, 15) is 12.8 Å². The summed E-state index contributed by atoms with van der Waals surface area (Å²) in [6.07, 6.45) is 0. The van der Waals surface area contributed by atoms with Crippen molar-refractivity contribution in [2.45, 2.75) is 17.6 Å². The van der Waals surface area contributed by atoms with Crippen LogP contribution in [0.2, 0.25) is 0 Å². The molecule has 1 aromatic heterocycles. The molecule has 0 saturated carbocycles. The van der Waals surface area contributed by atoms with Gasteiger partial charge in [0.25, 0.3) is 15.0 Å². The number of nitrogens with zero attached hydrogens (tertiary/aromatic N) is 4. The summed E-state index contributed by atoms with van der Waals surface area (Å²) in [6, 6.07) is 8.37. The molecule has 0 spiro atoms. The summed E-state index contributed by atoms with van der Waals surface area (Å²) in [7, 11) is -4.31. The quantitative estimate of drug-likeness (QED) is 0.790. The molecular weight excluding hydrogens is 271 g/mol. The Balaban J connectivity index is 2.55. The summed E-state index contributed by atoms with van der Waals surface area (Å²) in [5.74, 6) is 0. The molecule has 1 heterocycles. The highest BCUT2D eigenvalue weighted by atomic mass is 32.2. The summed E-state index contributed by atoms with van der Waals surface area (Å²) < 4.78 is 38.8. The molecule has 2 rings (SSSR count). The Morgan fingerprint density at radius 3 is 2.58 bits per heavy atom. The monoisotopic (exact) mass is 282 g/mol. The van der Waals surface area contributed by atoms with Crippen molar-refractivity contribution in [2.75, 3.05) is 0 Å². The SMILES string of the molecule is C=C(C)C(F)S(=O)(=O)c1nnnn1-c1ccccc1. The molecule has 0 amide bonds. The van der Waals surface area contributed by atoms with Crippen LogP contribution in [0.15, 0.2) is 47.6 Å². The first-order valence-electron chi connectivity index (χ1n) is 5.32. The lowest BCUT2D eigenvalue weighted by Gasteiger charge is -2.09. The molecule has 1 atom stereocenters. The van der Waals surface area contributed by atoms with Gasteiger partial charge in [-0.1, -0.05) is 29.9 Å². The summed E-state index contributed by atoms with van der Waals surface area (Å²) in [5, 5.41) is 9.72. The zero-order valence-electron chi connectivity index (χ0n) is 10.1. The highest BCUT2D eigenvalue weighted by Gasteiger charge is 2.33. The number of rotatable bonds is 4. The molecule has 0 bridgehead atoms. The average Bonchev–Trinajstić information content (AvgIpc) is 2.88. The van der Waals surface area contributed by atoms with Crippen molar-refractivity contribution in [2.24, 2.45) is 0 Å². The van der Waals surface area contributed by atoms with Gasteiger partial charge in [0.1, 0.15) is 0 Å². The normalized spacial score (nSPS) is 13.2. The van der Waals surface area contributed by atoms with Gasteiger partial charge in [-0.25, -0.2) is 12.8 Å². The predicted octanol–water partition coefficient (Wildman–Crippen LogP) is 1.31. The average molecular weight is 282 g/mol. The number of para-hydroxylation sites is 1. The molecule has 0 N–H and O–H groups in total. The highest BCUT2D eigenvalue weighted by molar-refractivity contribution is 7.91. The Labute approximate surface area is 109 Å². The second kappa shape index (κ2) is 4.88. The van der Waals surface area contributed by atoms with Crippen LogP contribution in [0, 0.1) is 0 Å². The Morgan fingerprint density at radius 1 is 1.37 bits per heavy atom. The van der Waals surface area contributed by atoms with Gasteiger partial charge in [-0.3, -0.25) is 0 Å². The fraction of sp³-hybridized carbons (Fsp3) is 0.182. The van der Waals surface area contributed by atoms with Gasteiger partial charge in [-0.2, -0.15) is 4.68 Å². The van der Waals surface area contributed by atoms with Gasteiger partial charge in [-0.05, 0) is 35.1 Å². The van der Waals surface area contributed by atoms with Crippen molar-refractivity contribution >= 4 is 9.84 Å². The predicted molar refractivity (Wildman–Crippen MR) is 66.0 cm³/mol. The van der Waals surface area contributed by atoms with E-state index >= 15 is 0 Å². The number of hydrogen-bond donors (Lipinski definition) is 0. The smallest absolute Gasteiger partial charge is 0.225 e. The van der Waals surface area contributed by atoms with Crippen molar-refractivity contribution < 1.29 is 12.8 Å². The summed E-state index contributed by atoms with van der Waals surface area (Å²) in [4.78, 5) is 0. The van der Waals surface area contributed by atoms with Crippen LogP contribution in [0.4, 0.5) is 4.39 Å². The fourth-order valence-corrected chi connectivity index (χ4v) is 2.69. The fourth-order valence-electron chi connectivity index (χ4n) is 1.44. The maximum atomic E-state index is 13.8. The zero-order chi connectivity index (χ0) is 14.0. The molecule has 100 valence electrons. The van der Waals surface area contributed by atoms with Crippen LogP contribution in [0.5, 0.6) is 0 Å². The van der Waals surface area contributed by atoms with E-state index in [-0.39, 0.29) is 5.57 Å². The molecular formula is C11H11FN4O2S. The topological polar surface area (TPSA) is 77.7 Å². The van der Waals surface area contributed by atoms with Crippen LogP contribution in [-0.2, 0) is 9.84 Å². The molecule has 19 heavy (non-hydrogen) atoms. The lowest BCUT2D eigenvalue weighted by molar-refractivity contribution is 0.454. The maximum absolute atomic E-state index is 13.8. The molecule has 8 heteroatoms. The van der Waals surface area contributed by atoms with E-state index in [1.54, 1.807) is 30.3 Å². The Bertz CT molecular complexity index is 696. The lowest BCUT2D eigenvalue weighted by atomic mass is 10.3. The van der Waals surface area contributed by atoms with Crippen LogP contribution in [0.3, 0.4) is 0 Å². The summed E-state index contributed by atoms with van der Waals surface area (Å²) in [5.41, 5.74) is -1.93. The number of benzene rings is 1. The minimum absolute atomic E-state index is 0.123. The van der Waals surface area contributed by atoms with E-state index in [1.165, 1.54) is 6.92 Å². The molecule has 0 radical (unpaired) electrons. The van der Waals surface area contributed by atoms with Gasteiger partial charge in [-0.15, -0.1) is 0 Å². The van der Waals surface area contributed by atoms with E-state index in [0.29, 0.717) is 5.69 Å². The van der Waals surface area contributed by atoms with Gasteiger partial charge in [0.15, 0.2) is 0 Å². The van der Waals surface area contributed by atoms with Crippen LogP contribution in [0.25, 0.3) is 5.69 Å². The number of sulfone groups is 1. The number of aromatic nitrogens is 4. The minimum Gasteiger partial charge on any atom is -0.225 e. The van der Waals surface area contributed by atoms with Gasteiger partial charge in [0.05, 0.1) is 5.69 Å². The standard InChI is InChI=1S/C11H11FN4O2S/c1-8(2)10(12)19(17,18)11-13-14-15-16(11)9-6-4-3-5-7-9/h3-7,10H,1H2,2H3. The molecule has 2 aromatic rings. The molecule has 0 aliphatic rings. The van der Waals surface area contributed by atoms with Gasteiger partial charge in [0, 0.05) is 0 Å². The van der Waals surface area contributed by atoms with Crippen molar-refractivity contribution in [1.82, 2.24) is 20.2 Å². The molecule has 0 saturated heterocycles. The molecule has 1 aromatic carbocycles. The second-order valence-corrected chi connectivity index (χ2v) is 5.79. The van der Waals surface area contributed by atoms with E-state index in [2.05, 4.69) is 22.1 Å². The van der Waals surface area contributed by atoms with Gasteiger partial charge < -0.3 is 0 Å². The summed E-state index contributed by atoms with van der Waals surface area (Å²) in [6.45, 7) is 4.59. The van der Waals surface area contributed by atoms with E-state index in [4.69, 9.17) is 0 Å². The number of alkyl halides is 1. The largest absolute Gasteiger partial charge is 0.275 e. The number of halogens is 1. The Hall–Kier alpha value is -2.09. The minimum atomic E-state index is -4.31. The third-order valence-electron chi connectivity index (χ3n) is 2.36. The summed E-state index contributed by atoms with van der Waals surface area (Å²) >= 11 is 0. The third kappa shape index (κ3) is 2.39. The van der Waals surface area contributed by atoms with E-state index in [0.717, 1.165) is 4.68 Å². The Morgan fingerprint density at radius 2 is 2.00 bits per heavy atom. The second-order valence-electron chi connectivity index (χ2n) is 3.92. The van der Waals surface area contributed by atoms with Gasteiger partial charge in [0.2, 0.25) is 5.50 Å². The van der Waals surface area contributed by atoms with Crippen LogP contribution in [0.1, 0.15) is 6.92 Å². The molecule has 6 nitrogen and oxygen atoms in total. The first-order chi connectivity index (χ1) is 8.94. The van der Waals surface area contributed by atoms with Crippen molar-refractivity contribution in [3.8, 4) is 5.69 Å². The number of hydrogen-bond acceptors (Lipinski definition) is 5. The third-order valence-corrected chi connectivity index (χ3v) is 4.07. The number of tetrazole rings is 1. The molecule has 0 aliphatic carbocycles. The van der Waals surface area contributed by atoms with E-state index < -0.39 is 20.5 Å². The molecule has 0 aliphatic heterocycles. The van der Waals surface area contributed by atoms with Crippen LogP contribution >= 0.6 is 0 Å². The van der Waals surface area contributed by atoms with Crippen molar-refractivity contribution in [3.05, 3.63) is 42.5 Å². The van der Waals surface area contributed by atoms with Gasteiger partial charge >= 0.3 is 0 Å². The van der Waals surface area contributed by atoms with Crippen LogP contribution < -0.4 is 0 Å². The van der Waals surface area contributed by atoms with Crippen molar-refractivity contribution in [1.29, 1.82) is 0 Å². The Kier molecular flexibility index (Phi) is 3.43. The maximum Gasteiger partial charge on any atom is 0.275 e. The van der Waals surface area contributed by atoms with E-state index in [1.807, 2.05) is 0 Å². The van der Waals surface area contributed by atoms with Crippen LogP contribution in [-0.4, -0.2) is 34.1 Å². The van der Waals surface area contributed by atoms with Crippen molar-refractivity contribution in [3.63, 3.8) is 0 Å². The molecule has 1 unspecified atom stereocenters.